The maximum Gasteiger partial charge on any atom is 0.223 e. The molecule has 0 saturated carbocycles. The monoisotopic (exact) mass is 185 g/mol. The van der Waals surface area contributed by atoms with Crippen molar-refractivity contribution in [2.24, 2.45) is 0 Å². The number of hydrogen-bond acceptors (Lipinski definition) is 2. The number of methoxy groups -OCH3 is 1. The third-order valence-electron chi connectivity index (χ3n) is 1.73. The van der Waals surface area contributed by atoms with Crippen molar-refractivity contribution in [2.75, 3.05) is 13.7 Å². The Labute approximate surface area is 80.2 Å². The fraction of sp³-hybridized carbons (Fsp3) is 0.700. The summed E-state index contributed by atoms with van der Waals surface area (Å²) in [5.74, 6) is -0.00477. The van der Waals surface area contributed by atoms with E-state index in [1.807, 2.05) is 20.8 Å². The summed E-state index contributed by atoms with van der Waals surface area (Å²) in [6.45, 7) is 9.88. The Hall–Kier alpha value is -0.830. The van der Waals surface area contributed by atoms with Gasteiger partial charge in [-0.15, -0.1) is 0 Å². The average molecular weight is 185 g/mol. The molecule has 0 spiro atoms. The minimum absolute atomic E-state index is 0.00477. The number of amides is 1. The van der Waals surface area contributed by atoms with E-state index in [2.05, 4.69) is 11.9 Å². The largest absolute Gasteiger partial charge is 0.378 e. The molecule has 76 valence electrons. The van der Waals surface area contributed by atoms with Gasteiger partial charge in [-0.25, -0.2) is 0 Å². The van der Waals surface area contributed by atoms with Crippen molar-refractivity contribution in [2.45, 2.75) is 32.8 Å². The summed E-state index contributed by atoms with van der Waals surface area (Å²) in [4.78, 5) is 11.3. The van der Waals surface area contributed by atoms with E-state index in [4.69, 9.17) is 4.74 Å². The second kappa shape index (κ2) is 5.02. The quantitative estimate of drug-likeness (QED) is 0.659. The molecule has 0 aromatic heterocycles. The molecule has 0 unspecified atom stereocenters. The van der Waals surface area contributed by atoms with Gasteiger partial charge in [0.2, 0.25) is 5.91 Å². The molecule has 13 heavy (non-hydrogen) atoms. The highest BCUT2D eigenvalue weighted by Crippen LogP contribution is 2.12. The Bertz CT molecular complexity index is 197. The lowest BCUT2D eigenvalue weighted by molar-refractivity contribution is -0.125. The van der Waals surface area contributed by atoms with Crippen molar-refractivity contribution in [3.05, 3.63) is 12.2 Å². The number of carbonyl (C=O) groups is 1. The predicted molar refractivity (Wildman–Crippen MR) is 53.5 cm³/mol. The van der Waals surface area contributed by atoms with Crippen LogP contribution in [0.15, 0.2) is 12.2 Å². The minimum Gasteiger partial charge on any atom is -0.378 e. The molecule has 3 nitrogen and oxygen atoms in total. The SMILES string of the molecule is C=C(C)CNC(=O)CC(C)(C)OC. The first-order valence-electron chi connectivity index (χ1n) is 4.33. The lowest BCUT2D eigenvalue weighted by Crippen LogP contribution is -2.34. The Kier molecular flexibility index (Phi) is 4.70. The molecule has 0 fully saturated rings. The van der Waals surface area contributed by atoms with Gasteiger partial charge in [0.15, 0.2) is 0 Å². The molecular weight excluding hydrogens is 166 g/mol. The molecule has 0 heterocycles. The third-order valence-corrected chi connectivity index (χ3v) is 1.73. The summed E-state index contributed by atoms with van der Waals surface area (Å²) in [6, 6.07) is 0. The third kappa shape index (κ3) is 6.34. The molecule has 0 rings (SSSR count). The van der Waals surface area contributed by atoms with Crippen molar-refractivity contribution < 1.29 is 9.53 Å². The average Bonchev–Trinajstić information content (AvgIpc) is 2.00. The number of hydrogen-bond donors (Lipinski definition) is 1. The lowest BCUT2D eigenvalue weighted by atomic mass is 10.1. The van der Waals surface area contributed by atoms with E-state index in [-0.39, 0.29) is 11.5 Å². The van der Waals surface area contributed by atoms with E-state index < -0.39 is 0 Å². The summed E-state index contributed by atoms with van der Waals surface area (Å²) < 4.78 is 5.13. The zero-order valence-corrected chi connectivity index (χ0v) is 8.94. The zero-order chi connectivity index (χ0) is 10.5. The van der Waals surface area contributed by atoms with E-state index in [0.717, 1.165) is 5.57 Å². The highest BCUT2D eigenvalue weighted by molar-refractivity contribution is 5.77. The van der Waals surface area contributed by atoms with Crippen LogP contribution in [0.5, 0.6) is 0 Å². The van der Waals surface area contributed by atoms with Gasteiger partial charge in [0.25, 0.3) is 0 Å². The van der Waals surface area contributed by atoms with Crippen LogP contribution < -0.4 is 5.32 Å². The molecule has 0 aliphatic heterocycles. The maximum absolute atomic E-state index is 11.3. The van der Waals surface area contributed by atoms with Gasteiger partial charge in [-0.3, -0.25) is 4.79 Å². The molecule has 0 aliphatic rings. The van der Waals surface area contributed by atoms with E-state index in [9.17, 15) is 4.79 Å². The van der Waals surface area contributed by atoms with Crippen LogP contribution in [0, 0.1) is 0 Å². The summed E-state index contributed by atoms with van der Waals surface area (Å²) in [7, 11) is 1.60. The molecule has 3 heteroatoms. The van der Waals surface area contributed by atoms with Crippen molar-refractivity contribution in [1.82, 2.24) is 5.32 Å². The molecule has 1 N–H and O–H groups in total. The number of ether oxygens (including phenoxy) is 1. The van der Waals surface area contributed by atoms with Gasteiger partial charge in [-0.05, 0) is 20.8 Å². The van der Waals surface area contributed by atoms with Crippen LogP contribution in [0.25, 0.3) is 0 Å². The summed E-state index contributed by atoms with van der Waals surface area (Å²) >= 11 is 0. The standard InChI is InChI=1S/C10H19NO2/c1-8(2)7-11-9(12)6-10(3,4)13-5/h1,6-7H2,2-5H3,(H,11,12). The Balaban J connectivity index is 3.81. The molecule has 0 saturated heterocycles. The van der Waals surface area contributed by atoms with E-state index in [1.54, 1.807) is 7.11 Å². The molecule has 1 amide bonds. The Morgan fingerprint density at radius 1 is 1.54 bits per heavy atom. The molecule has 0 aromatic carbocycles. The molecular formula is C10H19NO2. The van der Waals surface area contributed by atoms with Gasteiger partial charge in [0, 0.05) is 13.7 Å². The number of carbonyl (C=O) groups excluding carboxylic acids is 1. The van der Waals surface area contributed by atoms with E-state index in [0.29, 0.717) is 13.0 Å². The van der Waals surface area contributed by atoms with Crippen LogP contribution in [0.4, 0.5) is 0 Å². The molecule has 0 radical (unpaired) electrons. The number of rotatable bonds is 5. The van der Waals surface area contributed by atoms with Crippen LogP contribution in [-0.2, 0) is 9.53 Å². The van der Waals surface area contributed by atoms with Crippen LogP contribution in [0.2, 0.25) is 0 Å². The Morgan fingerprint density at radius 2 is 2.08 bits per heavy atom. The summed E-state index contributed by atoms with van der Waals surface area (Å²) in [5, 5.41) is 2.75. The van der Waals surface area contributed by atoms with Crippen LogP contribution in [0.1, 0.15) is 27.2 Å². The Morgan fingerprint density at radius 3 is 2.46 bits per heavy atom. The van der Waals surface area contributed by atoms with Gasteiger partial charge < -0.3 is 10.1 Å². The van der Waals surface area contributed by atoms with Gasteiger partial charge in [-0.1, -0.05) is 12.2 Å². The lowest BCUT2D eigenvalue weighted by Gasteiger charge is -2.21. The second-order valence-electron chi connectivity index (χ2n) is 3.87. The normalized spacial score (nSPS) is 11.1. The first kappa shape index (κ1) is 12.2. The smallest absolute Gasteiger partial charge is 0.223 e. The van der Waals surface area contributed by atoms with Gasteiger partial charge in [0.05, 0.1) is 12.0 Å². The fourth-order valence-electron chi connectivity index (χ4n) is 0.771. The topological polar surface area (TPSA) is 38.3 Å². The van der Waals surface area contributed by atoms with Crippen molar-refractivity contribution >= 4 is 5.91 Å². The fourth-order valence-corrected chi connectivity index (χ4v) is 0.771. The maximum atomic E-state index is 11.3. The van der Waals surface area contributed by atoms with Crippen LogP contribution in [0.3, 0.4) is 0 Å². The predicted octanol–water partition coefficient (Wildman–Crippen LogP) is 1.49. The highest BCUT2D eigenvalue weighted by atomic mass is 16.5. The molecule has 0 aliphatic carbocycles. The van der Waals surface area contributed by atoms with Gasteiger partial charge >= 0.3 is 0 Å². The number of nitrogens with one attached hydrogen (secondary N) is 1. The summed E-state index contributed by atoms with van der Waals surface area (Å²) in [5.41, 5.74) is 0.558. The van der Waals surface area contributed by atoms with E-state index >= 15 is 0 Å². The van der Waals surface area contributed by atoms with Gasteiger partial charge in [-0.2, -0.15) is 0 Å². The summed E-state index contributed by atoms with van der Waals surface area (Å²) in [6.07, 6.45) is 0.372. The van der Waals surface area contributed by atoms with Crippen molar-refractivity contribution in [1.29, 1.82) is 0 Å². The van der Waals surface area contributed by atoms with Crippen LogP contribution >= 0.6 is 0 Å². The molecule has 0 aromatic rings. The van der Waals surface area contributed by atoms with E-state index in [1.165, 1.54) is 0 Å². The zero-order valence-electron chi connectivity index (χ0n) is 8.94. The van der Waals surface area contributed by atoms with Crippen molar-refractivity contribution in [3.63, 3.8) is 0 Å². The second-order valence-corrected chi connectivity index (χ2v) is 3.87. The van der Waals surface area contributed by atoms with Gasteiger partial charge in [0.1, 0.15) is 0 Å². The first-order valence-corrected chi connectivity index (χ1v) is 4.33. The molecule has 0 atom stereocenters. The van der Waals surface area contributed by atoms with Crippen LogP contribution in [-0.4, -0.2) is 25.2 Å². The minimum atomic E-state index is -0.390. The van der Waals surface area contributed by atoms with Crippen molar-refractivity contribution in [3.8, 4) is 0 Å². The highest BCUT2D eigenvalue weighted by Gasteiger charge is 2.20. The first-order chi connectivity index (χ1) is 5.87. The molecule has 0 bridgehead atoms.